The van der Waals surface area contributed by atoms with Crippen LogP contribution in [-0.4, -0.2) is 43.4 Å². The summed E-state index contributed by atoms with van der Waals surface area (Å²) in [4.78, 5) is 10.5. The molecule has 3 rings (SSSR count). The lowest BCUT2D eigenvalue weighted by molar-refractivity contribution is -0.137. The maximum atomic E-state index is 13.5. The molecule has 0 amide bonds. The van der Waals surface area contributed by atoms with Gasteiger partial charge in [0, 0.05) is 31.1 Å². The topological polar surface area (TPSA) is 90.3 Å². The molecule has 1 aromatic heterocycles. The second-order valence-electron chi connectivity index (χ2n) is 6.59. The van der Waals surface area contributed by atoms with Crippen LogP contribution in [0, 0.1) is 11.3 Å². The van der Waals surface area contributed by atoms with E-state index in [1.807, 2.05) is 0 Å². The first-order chi connectivity index (χ1) is 12.9. The van der Waals surface area contributed by atoms with Crippen molar-refractivity contribution in [2.24, 2.45) is 10.7 Å². The molecule has 2 aliphatic rings. The number of hydrogen-bond acceptors (Lipinski definition) is 6. The Balaban J connectivity index is 2.00. The fourth-order valence-electron chi connectivity index (χ4n) is 3.11. The van der Waals surface area contributed by atoms with Crippen molar-refractivity contribution in [2.45, 2.75) is 31.5 Å². The van der Waals surface area contributed by atoms with Gasteiger partial charge in [-0.15, -0.1) is 0 Å². The molecule has 2 fully saturated rings. The number of anilines is 1. The predicted octanol–water partition coefficient (Wildman–Crippen LogP) is 2.30. The number of aliphatic imine (C=N–C) groups is 1. The SMILES string of the molecule is N#Cc1c(C(F)(F)F)cc(/C(C=NC2CCNCC2)=C/N)nc1N1CCC1. The Hall–Kier alpha value is -2.60. The van der Waals surface area contributed by atoms with E-state index in [1.165, 1.54) is 12.4 Å². The quantitative estimate of drug-likeness (QED) is 0.785. The van der Waals surface area contributed by atoms with E-state index in [0.29, 0.717) is 18.7 Å². The molecule has 0 aromatic carbocycles. The molecule has 2 aliphatic heterocycles. The number of nitriles is 1. The summed E-state index contributed by atoms with van der Waals surface area (Å²) in [5.74, 6) is 0.0585. The number of hydrogen-bond donors (Lipinski definition) is 2. The Kier molecular flexibility index (Phi) is 5.65. The molecule has 0 bridgehead atoms. The average molecular weight is 378 g/mol. The maximum absolute atomic E-state index is 13.5. The third kappa shape index (κ3) is 4.22. The Morgan fingerprint density at radius 1 is 1.37 bits per heavy atom. The van der Waals surface area contributed by atoms with Crippen molar-refractivity contribution in [1.29, 1.82) is 5.26 Å². The molecule has 0 spiro atoms. The minimum Gasteiger partial charge on any atom is -0.404 e. The molecule has 144 valence electrons. The molecule has 2 saturated heterocycles. The largest absolute Gasteiger partial charge is 0.417 e. The van der Waals surface area contributed by atoms with Crippen molar-refractivity contribution < 1.29 is 13.2 Å². The molecule has 3 heterocycles. The molecule has 0 saturated carbocycles. The highest BCUT2D eigenvalue weighted by molar-refractivity contribution is 6.09. The van der Waals surface area contributed by atoms with Gasteiger partial charge in [0.2, 0.25) is 0 Å². The Bertz CT molecular complexity index is 784. The molecule has 0 aliphatic carbocycles. The van der Waals surface area contributed by atoms with Crippen LogP contribution in [0.1, 0.15) is 36.1 Å². The Labute approximate surface area is 155 Å². The minimum atomic E-state index is -4.66. The van der Waals surface area contributed by atoms with Crippen LogP contribution in [-0.2, 0) is 6.18 Å². The summed E-state index contributed by atoms with van der Waals surface area (Å²) in [6.07, 6.45) is 0.622. The molecular weight excluding hydrogens is 357 g/mol. The van der Waals surface area contributed by atoms with Crippen molar-refractivity contribution in [3.05, 3.63) is 29.1 Å². The zero-order valence-corrected chi connectivity index (χ0v) is 14.8. The number of halogens is 3. The van der Waals surface area contributed by atoms with E-state index in [0.717, 1.165) is 38.4 Å². The zero-order chi connectivity index (χ0) is 19.4. The number of alkyl halides is 3. The number of nitrogens with two attached hydrogens (primary N) is 1. The maximum Gasteiger partial charge on any atom is 0.417 e. The molecule has 6 nitrogen and oxygen atoms in total. The summed E-state index contributed by atoms with van der Waals surface area (Å²) in [6.45, 7) is 2.87. The highest BCUT2D eigenvalue weighted by Gasteiger charge is 2.37. The van der Waals surface area contributed by atoms with Crippen molar-refractivity contribution in [1.82, 2.24) is 10.3 Å². The number of pyridine rings is 1. The molecule has 0 atom stereocenters. The van der Waals surface area contributed by atoms with Crippen LogP contribution in [0.25, 0.3) is 5.57 Å². The van der Waals surface area contributed by atoms with E-state index < -0.39 is 17.3 Å². The van der Waals surface area contributed by atoms with Gasteiger partial charge in [-0.3, -0.25) is 4.99 Å². The second kappa shape index (κ2) is 7.96. The summed E-state index contributed by atoms with van der Waals surface area (Å²) in [7, 11) is 0. The third-order valence-corrected chi connectivity index (χ3v) is 4.78. The van der Waals surface area contributed by atoms with Crippen LogP contribution >= 0.6 is 0 Å². The summed E-state index contributed by atoms with van der Waals surface area (Å²) >= 11 is 0. The van der Waals surface area contributed by atoms with Gasteiger partial charge in [-0.05, 0) is 38.4 Å². The average Bonchev–Trinajstić information content (AvgIpc) is 2.60. The van der Waals surface area contributed by atoms with E-state index in [2.05, 4.69) is 15.3 Å². The number of nitrogens with zero attached hydrogens (tertiary/aromatic N) is 4. The number of rotatable bonds is 4. The van der Waals surface area contributed by atoms with Crippen LogP contribution in [0.2, 0.25) is 0 Å². The molecule has 3 N–H and O–H groups in total. The highest BCUT2D eigenvalue weighted by atomic mass is 19.4. The highest BCUT2D eigenvalue weighted by Crippen LogP contribution is 2.37. The molecule has 27 heavy (non-hydrogen) atoms. The van der Waals surface area contributed by atoms with Crippen molar-refractivity contribution in [3.63, 3.8) is 0 Å². The monoisotopic (exact) mass is 378 g/mol. The van der Waals surface area contributed by atoms with Crippen molar-refractivity contribution >= 4 is 17.6 Å². The smallest absolute Gasteiger partial charge is 0.404 e. The van der Waals surface area contributed by atoms with Gasteiger partial charge >= 0.3 is 6.18 Å². The van der Waals surface area contributed by atoms with Crippen LogP contribution in [0.3, 0.4) is 0 Å². The predicted molar refractivity (Wildman–Crippen MR) is 97.3 cm³/mol. The van der Waals surface area contributed by atoms with Crippen molar-refractivity contribution in [2.75, 3.05) is 31.1 Å². The van der Waals surface area contributed by atoms with Crippen molar-refractivity contribution in [3.8, 4) is 6.07 Å². The van der Waals surface area contributed by atoms with Gasteiger partial charge in [-0.1, -0.05) is 0 Å². The standard InChI is InChI=1S/C18H21F3N6/c19-18(20,21)15-8-16(26-17(14(15)10-23)27-6-1-7-27)12(9-22)11-25-13-2-4-24-5-3-13/h8-9,11,13,24H,1-7,22H2/b12-9+,25-11?. The first-order valence-electron chi connectivity index (χ1n) is 8.87. The zero-order valence-electron chi connectivity index (χ0n) is 14.8. The minimum absolute atomic E-state index is 0.0585. The van der Waals surface area contributed by atoms with Gasteiger partial charge in [-0.25, -0.2) is 4.98 Å². The number of allylic oxidation sites excluding steroid dienone is 1. The van der Waals surface area contributed by atoms with E-state index in [9.17, 15) is 18.4 Å². The van der Waals surface area contributed by atoms with Crippen LogP contribution in [0.15, 0.2) is 17.3 Å². The lowest BCUT2D eigenvalue weighted by atomic mass is 10.0. The van der Waals surface area contributed by atoms with E-state index >= 15 is 0 Å². The van der Waals surface area contributed by atoms with Crippen LogP contribution in [0.5, 0.6) is 0 Å². The molecule has 0 unspecified atom stereocenters. The van der Waals surface area contributed by atoms with Crippen LogP contribution < -0.4 is 16.0 Å². The van der Waals surface area contributed by atoms with Gasteiger partial charge < -0.3 is 16.0 Å². The third-order valence-electron chi connectivity index (χ3n) is 4.78. The number of aromatic nitrogens is 1. The first kappa shape index (κ1) is 19.2. The van der Waals surface area contributed by atoms with Crippen LogP contribution in [0.4, 0.5) is 19.0 Å². The summed E-state index contributed by atoms with van der Waals surface area (Å²) in [5, 5.41) is 12.5. The number of nitrogens with one attached hydrogen (secondary N) is 1. The molecule has 0 radical (unpaired) electrons. The van der Waals surface area contributed by atoms with Gasteiger partial charge in [0.15, 0.2) is 0 Å². The van der Waals surface area contributed by atoms with Gasteiger partial charge in [0.25, 0.3) is 0 Å². The van der Waals surface area contributed by atoms with E-state index in [4.69, 9.17) is 5.73 Å². The van der Waals surface area contributed by atoms with E-state index in [-0.39, 0.29) is 17.6 Å². The van der Waals surface area contributed by atoms with E-state index in [1.54, 1.807) is 11.0 Å². The first-order valence-corrected chi connectivity index (χ1v) is 8.87. The summed E-state index contributed by atoms with van der Waals surface area (Å²) in [6, 6.07) is 2.66. The van der Waals surface area contributed by atoms with Gasteiger partial charge in [0.1, 0.15) is 17.5 Å². The Morgan fingerprint density at radius 3 is 2.59 bits per heavy atom. The van der Waals surface area contributed by atoms with Gasteiger partial charge in [0.05, 0.1) is 17.3 Å². The fraction of sp³-hybridized carbons (Fsp3) is 0.500. The fourth-order valence-corrected chi connectivity index (χ4v) is 3.11. The van der Waals surface area contributed by atoms with Gasteiger partial charge in [-0.2, -0.15) is 18.4 Å². The summed E-state index contributed by atoms with van der Waals surface area (Å²) < 4.78 is 40.6. The lowest BCUT2D eigenvalue weighted by Crippen LogP contribution is -2.38. The molecule has 9 heteroatoms. The lowest BCUT2D eigenvalue weighted by Gasteiger charge is -2.33. The number of piperidine rings is 1. The Morgan fingerprint density at radius 2 is 2.07 bits per heavy atom. The second-order valence-corrected chi connectivity index (χ2v) is 6.59. The molecular formula is C18H21F3N6. The summed E-state index contributed by atoms with van der Waals surface area (Å²) in [5.41, 5.74) is 4.60. The molecule has 1 aromatic rings. The normalized spacial score (nSPS) is 19.2.